The third kappa shape index (κ3) is 1.94. The molecule has 2 rings (SSSR count). The van der Waals surface area contributed by atoms with Gasteiger partial charge in [0.25, 0.3) is 5.56 Å². The fraction of sp³-hybridized carbons (Fsp3) is 0. The smallest absolute Gasteiger partial charge is 0.276 e. The largest absolute Gasteiger partial charge is 0.331 e. The maximum Gasteiger partial charge on any atom is 0.276 e. The molecule has 5 heteroatoms. The number of aromatic nitrogens is 2. The lowest BCUT2D eigenvalue weighted by atomic mass is 10.3. The zero-order valence-corrected chi connectivity index (χ0v) is 10.6. The number of aromatic amines is 1. The van der Waals surface area contributed by atoms with Crippen LogP contribution in [0.1, 0.15) is 0 Å². The van der Waals surface area contributed by atoms with Crippen molar-refractivity contribution in [1.29, 1.82) is 0 Å². The molecule has 0 saturated heterocycles. The van der Waals surface area contributed by atoms with Crippen LogP contribution in [-0.4, -0.2) is 9.55 Å². The summed E-state index contributed by atoms with van der Waals surface area (Å²) in [4.78, 5) is 15.3. The van der Waals surface area contributed by atoms with Crippen LogP contribution in [0.25, 0.3) is 15.9 Å². The molecule has 0 aliphatic rings. The van der Waals surface area contributed by atoms with Crippen molar-refractivity contribution in [3.05, 3.63) is 58.0 Å². The molecule has 0 bridgehead atoms. The molecule has 17 heavy (non-hydrogen) atoms. The first-order chi connectivity index (χ1) is 8.19. The summed E-state index contributed by atoms with van der Waals surface area (Å²) in [7, 11) is 0. The Morgan fingerprint density at radius 3 is 2.94 bits per heavy atom. The van der Waals surface area contributed by atoms with Gasteiger partial charge in [0, 0.05) is 0 Å². The van der Waals surface area contributed by atoms with Crippen molar-refractivity contribution in [3.8, 4) is 0 Å². The molecule has 86 valence electrons. The third-order valence-electron chi connectivity index (χ3n) is 2.26. The van der Waals surface area contributed by atoms with Crippen LogP contribution in [0, 0.1) is 4.77 Å². The van der Waals surface area contributed by atoms with Gasteiger partial charge >= 0.3 is 0 Å². The molecule has 2 aromatic heterocycles. The zero-order valence-electron chi connectivity index (χ0n) is 8.97. The average molecular weight is 262 g/mol. The average Bonchev–Trinajstić information content (AvgIpc) is 2.76. The molecule has 3 nitrogen and oxygen atoms in total. The summed E-state index contributed by atoms with van der Waals surface area (Å²) >= 11 is 6.56. The lowest BCUT2D eigenvalue weighted by Gasteiger charge is -2.06. The van der Waals surface area contributed by atoms with Crippen molar-refractivity contribution < 1.29 is 0 Å². The van der Waals surface area contributed by atoms with Crippen molar-refractivity contribution in [3.63, 3.8) is 0 Å². The Balaban J connectivity index is 2.90. The van der Waals surface area contributed by atoms with E-state index in [0.717, 1.165) is 5.52 Å². The standard InChI is InChI=1S/C12H10N2OS2/c1-3-5-8(4-2)14-11(15)10-9(6-7-17-10)13-12(14)16/h3-7H,1-2H2,(H,13,16)/b8-5+. The van der Waals surface area contributed by atoms with E-state index < -0.39 is 0 Å². The molecular weight excluding hydrogens is 252 g/mol. The fourth-order valence-electron chi connectivity index (χ4n) is 1.53. The summed E-state index contributed by atoms with van der Waals surface area (Å²) in [5.74, 6) is 0. The van der Waals surface area contributed by atoms with Crippen molar-refractivity contribution in [2.24, 2.45) is 0 Å². The van der Waals surface area contributed by atoms with E-state index in [0.29, 0.717) is 15.2 Å². The molecule has 2 heterocycles. The highest BCUT2D eigenvalue weighted by molar-refractivity contribution is 7.71. The molecule has 0 fully saturated rings. The molecule has 2 aromatic rings. The van der Waals surface area contributed by atoms with Crippen LogP contribution in [0.5, 0.6) is 0 Å². The van der Waals surface area contributed by atoms with Gasteiger partial charge in [0.15, 0.2) is 4.77 Å². The first kappa shape index (κ1) is 11.8. The minimum absolute atomic E-state index is 0.133. The Kier molecular flexibility index (Phi) is 3.21. The van der Waals surface area contributed by atoms with Gasteiger partial charge in [-0.1, -0.05) is 19.2 Å². The Labute approximate surface area is 107 Å². The number of allylic oxidation sites excluding steroid dienone is 4. The second kappa shape index (κ2) is 4.65. The number of nitrogens with zero attached hydrogens (tertiary/aromatic N) is 1. The lowest BCUT2D eigenvalue weighted by Crippen LogP contribution is -2.19. The van der Waals surface area contributed by atoms with E-state index in [4.69, 9.17) is 12.2 Å². The van der Waals surface area contributed by atoms with Gasteiger partial charge in [-0.25, -0.2) is 0 Å². The normalized spacial score (nSPS) is 11.6. The molecule has 1 N–H and O–H groups in total. The van der Waals surface area contributed by atoms with Gasteiger partial charge in [-0.2, -0.15) is 0 Å². The number of H-pyrrole nitrogens is 1. The Morgan fingerprint density at radius 2 is 2.29 bits per heavy atom. The summed E-state index contributed by atoms with van der Waals surface area (Å²) in [5.41, 5.74) is 1.25. The van der Waals surface area contributed by atoms with Gasteiger partial charge in [-0.05, 0) is 35.8 Å². The van der Waals surface area contributed by atoms with Crippen molar-refractivity contribution in [2.45, 2.75) is 0 Å². The highest BCUT2D eigenvalue weighted by Crippen LogP contribution is 2.15. The van der Waals surface area contributed by atoms with Crippen molar-refractivity contribution in [2.75, 3.05) is 0 Å². The minimum Gasteiger partial charge on any atom is -0.331 e. The lowest BCUT2D eigenvalue weighted by molar-refractivity contribution is 0.975. The molecule has 0 aromatic carbocycles. The fourth-order valence-corrected chi connectivity index (χ4v) is 2.60. The van der Waals surface area contributed by atoms with E-state index in [2.05, 4.69) is 18.1 Å². The molecule has 0 atom stereocenters. The van der Waals surface area contributed by atoms with Crippen LogP contribution in [0.3, 0.4) is 0 Å². The topological polar surface area (TPSA) is 37.8 Å². The highest BCUT2D eigenvalue weighted by Gasteiger charge is 2.08. The Bertz CT molecular complexity index is 731. The highest BCUT2D eigenvalue weighted by atomic mass is 32.1. The van der Waals surface area contributed by atoms with Crippen LogP contribution in [0.4, 0.5) is 0 Å². The molecule has 0 spiro atoms. The number of fused-ring (bicyclic) bond motifs is 1. The first-order valence-electron chi connectivity index (χ1n) is 4.87. The van der Waals surface area contributed by atoms with E-state index in [1.165, 1.54) is 15.9 Å². The predicted molar refractivity (Wildman–Crippen MR) is 75.9 cm³/mol. The van der Waals surface area contributed by atoms with Crippen LogP contribution in [-0.2, 0) is 0 Å². The van der Waals surface area contributed by atoms with Crippen molar-refractivity contribution in [1.82, 2.24) is 9.55 Å². The molecule has 0 aliphatic heterocycles. The van der Waals surface area contributed by atoms with Crippen LogP contribution >= 0.6 is 23.6 Å². The van der Waals surface area contributed by atoms with Gasteiger partial charge in [0.1, 0.15) is 4.70 Å². The number of hydrogen-bond donors (Lipinski definition) is 1. The van der Waals surface area contributed by atoms with E-state index in [1.54, 1.807) is 18.2 Å². The monoisotopic (exact) mass is 262 g/mol. The Morgan fingerprint density at radius 1 is 1.53 bits per heavy atom. The molecule has 0 saturated carbocycles. The van der Waals surface area contributed by atoms with Crippen LogP contribution in [0.15, 0.2) is 47.6 Å². The zero-order chi connectivity index (χ0) is 12.4. The van der Waals surface area contributed by atoms with Gasteiger partial charge in [0.2, 0.25) is 0 Å². The van der Waals surface area contributed by atoms with Gasteiger partial charge in [0.05, 0.1) is 11.2 Å². The number of rotatable bonds is 3. The number of thiophene rings is 1. The molecule has 0 amide bonds. The van der Waals surface area contributed by atoms with Crippen LogP contribution in [0.2, 0.25) is 0 Å². The van der Waals surface area contributed by atoms with Gasteiger partial charge < -0.3 is 4.98 Å². The van der Waals surface area contributed by atoms with E-state index in [9.17, 15) is 4.79 Å². The van der Waals surface area contributed by atoms with E-state index in [-0.39, 0.29) is 5.56 Å². The maximum atomic E-state index is 12.2. The summed E-state index contributed by atoms with van der Waals surface area (Å²) < 4.78 is 2.42. The molecule has 0 radical (unpaired) electrons. The molecular formula is C12H10N2OS2. The minimum atomic E-state index is -0.133. The summed E-state index contributed by atoms with van der Waals surface area (Å²) in [5, 5.41) is 1.85. The number of nitrogens with one attached hydrogen (secondary N) is 1. The SMILES string of the molecule is C=C/C=C(\C=C)n1c(=S)[nH]c2ccsc2c1=O. The molecule has 0 aliphatic carbocycles. The second-order valence-electron chi connectivity index (χ2n) is 3.27. The second-order valence-corrected chi connectivity index (χ2v) is 4.57. The van der Waals surface area contributed by atoms with Gasteiger partial charge in [-0.3, -0.25) is 9.36 Å². The number of hydrogen-bond acceptors (Lipinski definition) is 3. The summed E-state index contributed by atoms with van der Waals surface area (Å²) in [6.45, 7) is 7.28. The van der Waals surface area contributed by atoms with Crippen LogP contribution < -0.4 is 5.56 Å². The Hall–Kier alpha value is -1.72. The third-order valence-corrected chi connectivity index (χ3v) is 3.45. The summed E-state index contributed by atoms with van der Waals surface area (Å²) in [6.07, 6.45) is 4.86. The van der Waals surface area contributed by atoms with Gasteiger partial charge in [-0.15, -0.1) is 11.3 Å². The maximum absolute atomic E-state index is 12.2. The molecule has 0 unspecified atom stereocenters. The first-order valence-corrected chi connectivity index (χ1v) is 6.16. The quantitative estimate of drug-likeness (QED) is 0.680. The predicted octanol–water partition coefficient (Wildman–Crippen LogP) is 3.33. The van der Waals surface area contributed by atoms with Crippen molar-refractivity contribution >= 4 is 39.5 Å². The van der Waals surface area contributed by atoms with E-state index in [1.807, 2.05) is 11.4 Å². The summed E-state index contributed by atoms with van der Waals surface area (Å²) in [6, 6.07) is 1.84. The van der Waals surface area contributed by atoms with E-state index >= 15 is 0 Å².